The van der Waals surface area contributed by atoms with E-state index in [-0.39, 0.29) is 24.4 Å². The van der Waals surface area contributed by atoms with Gasteiger partial charge in [0.1, 0.15) is 0 Å². The van der Waals surface area contributed by atoms with E-state index >= 15 is 0 Å². The SMILES string of the molecule is COC(=O)c1ccccc1-c1ccccc1C(=O)Nc1ccc([C@H](C)N)cc1.Cl. The smallest absolute Gasteiger partial charge is 0.338 e. The number of benzene rings is 3. The van der Waals surface area contributed by atoms with E-state index in [0.29, 0.717) is 27.9 Å². The molecule has 0 aliphatic rings. The van der Waals surface area contributed by atoms with Crippen LogP contribution in [0.1, 0.15) is 39.2 Å². The Morgan fingerprint density at radius 2 is 1.38 bits per heavy atom. The zero-order valence-corrected chi connectivity index (χ0v) is 17.0. The van der Waals surface area contributed by atoms with E-state index in [1.807, 2.05) is 49.4 Å². The number of halogens is 1. The first-order valence-electron chi connectivity index (χ1n) is 8.95. The van der Waals surface area contributed by atoms with Crippen molar-refractivity contribution in [3.63, 3.8) is 0 Å². The fraction of sp³-hybridized carbons (Fsp3) is 0.130. The van der Waals surface area contributed by atoms with Crippen LogP contribution in [0, 0.1) is 0 Å². The molecule has 0 aliphatic heterocycles. The third-order valence-electron chi connectivity index (χ3n) is 4.49. The van der Waals surface area contributed by atoms with Gasteiger partial charge in [-0.25, -0.2) is 4.79 Å². The van der Waals surface area contributed by atoms with Crippen LogP contribution >= 0.6 is 12.4 Å². The van der Waals surface area contributed by atoms with Crippen molar-refractivity contribution in [1.29, 1.82) is 0 Å². The van der Waals surface area contributed by atoms with Gasteiger partial charge in [0.2, 0.25) is 0 Å². The van der Waals surface area contributed by atoms with Crippen molar-refractivity contribution < 1.29 is 14.3 Å². The highest BCUT2D eigenvalue weighted by Crippen LogP contribution is 2.28. The Hall–Kier alpha value is -3.15. The molecule has 0 heterocycles. The van der Waals surface area contributed by atoms with Crippen LogP contribution in [0.15, 0.2) is 72.8 Å². The van der Waals surface area contributed by atoms with Crippen molar-refractivity contribution in [2.75, 3.05) is 12.4 Å². The van der Waals surface area contributed by atoms with E-state index in [9.17, 15) is 9.59 Å². The predicted molar refractivity (Wildman–Crippen MR) is 117 cm³/mol. The van der Waals surface area contributed by atoms with Crippen LogP contribution in [0.5, 0.6) is 0 Å². The number of hydrogen-bond acceptors (Lipinski definition) is 4. The summed E-state index contributed by atoms with van der Waals surface area (Å²) in [6.07, 6.45) is 0. The van der Waals surface area contributed by atoms with E-state index < -0.39 is 5.97 Å². The molecule has 0 saturated heterocycles. The summed E-state index contributed by atoms with van der Waals surface area (Å²) in [6, 6.07) is 21.6. The molecule has 0 saturated carbocycles. The lowest BCUT2D eigenvalue weighted by Crippen LogP contribution is -2.14. The Bertz CT molecular complexity index is 1000. The molecule has 3 aromatic carbocycles. The number of carbonyl (C=O) groups is 2. The number of anilines is 1. The first-order valence-corrected chi connectivity index (χ1v) is 8.95. The third kappa shape index (κ3) is 5.02. The molecule has 0 bridgehead atoms. The van der Waals surface area contributed by atoms with Crippen molar-refractivity contribution in [2.24, 2.45) is 5.73 Å². The highest BCUT2D eigenvalue weighted by Gasteiger charge is 2.18. The van der Waals surface area contributed by atoms with Gasteiger partial charge in [0.25, 0.3) is 5.91 Å². The average Bonchev–Trinajstić information content (AvgIpc) is 2.73. The van der Waals surface area contributed by atoms with Gasteiger partial charge >= 0.3 is 5.97 Å². The average molecular weight is 411 g/mol. The number of ether oxygens (including phenoxy) is 1. The monoisotopic (exact) mass is 410 g/mol. The van der Waals surface area contributed by atoms with Crippen molar-refractivity contribution in [2.45, 2.75) is 13.0 Å². The Balaban J connectivity index is 0.00000300. The molecule has 0 radical (unpaired) electrons. The maximum Gasteiger partial charge on any atom is 0.338 e. The fourth-order valence-electron chi connectivity index (χ4n) is 2.99. The lowest BCUT2D eigenvalue weighted by Gasteiger charge is -2.13. The van der Waals surface area contributed by atoms with Crippen LogP contribution in [-0.2, 0) is 4.74 Å². The number of carbonyl (C=O) groups excluding carboxylic acids is 2. The zero-order chi connectivity index (χ0) is 20.1. The second-order valence-corrected chi connectivity index (χ2v) is 6.45. The summed E-state index contributed by atoms with van der Waals surface area (Å²) < 4.78 is 4.88. The Morgan fingerprint density at radius 1 is 0.862 bits per heavy atom. The summed E-state index contributed by atoms with van der Waals surface area (Å²) in [4.78, 5) is 25.1. The molecule has 0 spiro atoms. The second kappa shape index (κ2) is 9.87. The zero-order valence-electron chi connectivity index (χ0n) is 16.2. The molecule has 0 aromatic heterocycles. The fourth-order valence-corrected chi connectivity index (χ4v) is 2.99. The molecule has 3 rings (SSSR count). The molecule has 3 N–H and O–H groups in total. The Morgan fingerprint density at radius 3 is 1.93 bits per heavy atom. The normalized spacial score (nSPS) is 11.1. The molecule has 150 valence electrons. The van der Waals surface area contributed by atoms with Crippen LogP contribution in [-0.4, -0.2) is 19.0 Å². The van der Waals surface area contributed by atoms with Gasteiger partial charge in [-0.2, -0.15) is 0 Å². The van der Waals surface area contributed by atoms with Gasteiger partial charge in [-0.05, 0) is 47.9 Å². The minimum atomic E-state index is -0.447. The van der Waals surface area contributed by atoms with E-state index in [1.54, 1.807) is 30.3 Å². The number of amides is 1. The number of nitrogens with two attached hydrogens (primary N) is 1. The molecule has 0 aliphatic carbocycles. The maximum absolute atomic E-state index is 12.9. The van der Waals surface area contributed by atoms with Gasteiger partial charge in [-0.3, -0.25) is 4.79 Å². The van der Waals surface area contributed by atoms with Crippen LogP contribution in [0.2, 0.25) is 0 Å². The summed E-state index contributed by atoms with van der Waals surface area (Å²) in [7, 11) is 1.34. The Kier molecular flexibility index (Phi) is 7.53. The highest BCUT2D eigenvalue weighted by molar-refractivity contribution is 6.10. The summed E-state index contributed by atoms with van der Waals surface area (Å²) in [6.45, 7) is 1.91. The number of hydrogen-bond donors (Lipinski definition) is 2. The van der Waals surface area contributed by atoms with E-state index in [1.165, 1.54) is 7.11 Å². The van der Waals surface area contributed by atoms with Gasteiger partial charge in [-0.15, -0.1) is 12.4 Å². The quantitative estimate of drug-likeness (QED) is 0.590. The van der Waals surface area contributed by atoms with Gasteiger partial charge < -0.3 is 15.8 Å². The van der Waals surface area contributed by atoms with Crippen LogP contribution < -0.4 is 11.1 Å². The third-order valence-corrected chi connectivity index (χ3v) is 4.49. The van der Waals surface area contributed by atoms with Gasteiger partial charge in [0.15, 0.2) is 0 Å². The second-order valence-electron chi connectivity index (χ2n) is 6.45. The number of esters is 1. The number of rotatable bonds is 5. The first kappa shape index (κ1) is 22.1. The molecular formula is C23H23ClN2O3. The van der Waals surface area contributed by atoms with Crippen molar-refractivity contribution in [3.8, 4) is 11.1 Å². The van der Waals surface area contributed by atoms with E-state index in [2.05, 4.69) is 5.32 Å². The van der Waals surface area contributed by atoms with Gasteiger partial charge in [0.05, 0.1) is 12.7 Å². The lowest BCUT2D eigenvalue weighted by molar-refractivity contribution is 0.0601. The summed E-state index contributed by atoms with van der Waals surface area (Å²) in [5.74, 6) is -0.707. The van der Waals surface area contributed by atoms with Gasteiger partial charge in [-0.1, -0.05) is 48.5 Å². The molecule has 6 heteroatoms. The Labute approximate surface area is 176 Å². The van der Waals surface area contributed by atoms with Crippen molar-refractivity contribution >= 4 is 30.0 Å². The molecule has 0 unspecified atom stereocenters. The van der Waals surface area contributed by atoms with Crippen LogP contribution in [0.3, 0.4) is 0 Å². The molecular weight excluding hydrogens is 388 g/mol. The first-order chi connectivity index (χ1) is 13.5. The standard InChI is InChI=1S/C23H22N2O3.ClH/c1-15(24)16-11-13-17(14-12-16)25-22(26)20-9-5-3-7-18(20)19-8-4-6-10-21(19)23(27)28-2;/h3-15H,24H2,1-2H3,(H,25,26);1H/t15-;/m0./s1. The van der Waals surface area contributed by atoms with Crippen molar-refractivity contribution in [3.05, 3.63) is 89.5 Å². The predicted octanol–water partition coefficient (Wildman–Crippen LogP) is 4.83. The molecule has 1 amide bonds. The van der Waals surface area contributed by atoms with Crippen molar-refractivity contribution in [1.82, 2.24) is 0 Å². The van der Waals surface area contributed by atoms with Crippen LogP contribution in [0.25, 0.3) is 11.1 Å². The largest absolute Gasteiger partial charge is 0.465 e. The van der Waals surface area contributed by atoms with Crippen LogP contribution in [0.4, 0.5) is 5.69 Å². The molecule has 0 fully saturated rings. The van der Waals surface area contributed by atoms with E-state index in [4.69, 9.17) is 10.5 Å². The molecule has 1 atom stereocenters. The summed E-state index contributed by atoms with van der Waals surface area (Å²) in [5, 5.41) is 2.90. The number of nitrogens with one attached hydrogen (secondary N) is 1. The minimum absolute atomic E-state index is 0. The van der Waals surface area contributed by atoms with Gasteiger partial charge in [0, 0.05) is 17.3 Å². The summed E-state index contributed by atoms with van der Waals surface area (Å²) >= 11 is 0. The molecule has 5 nitrogen and oxygen atoms in total. The topological polar surface area (TPSA) is 81.4 Å². The van der Waals surface area contributed by atoms with E-state index in [0.717, 1.165) is 5.56 Å². The minimum Gasteiger partial charge on any atom is -0.465 e. The summed E-state index contributed by atoms with van der Waals surface area (Å²) in [5.41, 5.74) is 9.71. The lowest BCUT2D eigenvalue weighted by atomic mass is 9.95. The number of methoxy groups -OCH3 is 1. The molecule has 29 heavy (non-hydrogen) atoms. The highest BCUT2D eigenvalue weighted by atomic mass is 35.5. The molecule has 3 aromatic rings. The maximum atomic E-state index is 12.9.